The van der Waals surface area contributed by atoms with Crippen LogP contribution in [0.2, 0.25) is 0 Å². The molecule has 0 bridgehead atoms. The van der Waals surface area contributed by atoms with Gasteiger partial charge in [-0.05, 0) is 54.1 Å². The highest BCUT2D eigenvalue weighted by atomic mass is 19.1. The van der Waals surface area contributed by atoms with Crippen LogP contribution in [0, 0.1) is 11.6 Å². The van der Waals surface area contributed by atoms with Crippen LogP contribution in [0.15, 0.2) is 79.1 Å². The second kappa shape index (κ2) is 7.73. The van der Waals surface area contributed by atoms with Gasteiger partial charge in [-0.25, -0.2) is 18.4 Å². The van der Waals surface area contributed by atoms with E-state index in [-0.39, 0.29) is 33.3 Å². The van der Waals surface area contributed by atoms with Crippen molar-refractivity contribution in [3.05, 3.63) is 110 Å². The molecular weight excluding hydrogens is 450 g/mol. The summed E-state index contributed by atoms with van der Waals surface area (Å²) in [6.07, 6.45) is 0. The number of phenols is 1. The van der Waals surface area contributed by atoms with Crippen LogP contribution >= 0.6 is 0 Å². The molecule has 0 saturated heterocycles. The summed E-state index contributed by atoms with van der Waals surface area (Å²) < 4.78 is 38.3. The molecule has 0 unspecified atom stereocenters. The Morgan fingerprint density at radius 3 is 1.65 bits per heavy atom. The van der Waals surface area contributed by atoms with Gasteiger partial charge in [0.2, 0.25) is 0 Å². The second-order valence-corrected chi connectivity index (χ2v) is 7.61. The van der Waals surface area contributed by atoms with Crippen LogP contribution in [0.5, 0.6) is 17.2 Å². The maximum absolute atomic E-state index is 13.9. The summed E-state index contributed by atoms with van der Waals surface area (Å²) in [4.78, 5) is 26.0. The molecule has 0 radical (unpaired) electrons. The number of rotatable bonds is 3. The topological polar surface area (TPSA) is 121 Å². The first-order chi connectivity index (χ1) is 16.2. The molecule has 0 amide bonds. The Morgan fingerprint density at radius 2 is 1.18 bits per heavy atom. The van der Waals surface area contributed by atoms with Crippen LogP contribution in [0.25, 0.3) is 21.9 Å². The molecule has 0 aliphatic rings. The van der Waals surface area contributed by atoms with Gasteiger partial charge in [-0.15, -0.1) is 0 Å². The van der Waals surface area contributed by atoms with E-state index in [9.17, 15) is 33.7 Å². The molecule has 170 valence electrons. The molecule has 34 heavy (non-hydrogen) atoms. The lowest BCUT2D eigenvalue weighted by atomic mass is 9.84. The molecule has 3 aromatic carbocycles. The third-order valence-electron chi connectivity index (χ3n) is 5.53. The first kappa shape index (κ1) is 21.2. The normalized spacial score (nSPS) is 11.5. The minimum atomic E-state index is -1.53. The van der Waals surface area contributed by atoms with Crippen molar-refractivity contribution >= 4 is 21.9 Å². The maximum Gasteiger partial charge on any atom is 0.344 e. The number of halogens is 2. The van der Waals surface area contributed by atoms with Crippen LogP contribution in [-0.4, -0.2) is 15.3 Å². The van der Waals surface area contributed by atoms with Crippen LogP contribution in [-0.2, 0) is 0 Å². The minimum absolute atomic E-state index is 0.0942. The van der Waals surface area contributed by atoms with E-state index in [1.165, 1.54) is 24.3 Å². The molecule has 0 atom stereocenters. The molecule has 0 aliphatic heterocycles. The molecule has 0 saturated carbocycles. The molecule has 7 nitrogen and oxygen atoms in total. The van der Waals surface area contributed by atoms with Crippen LogP contribution < -0.4 is 11.3 Å². The van der Waals surface area contributed by atoms with Gasteiger partial charge in [-0.2, -0.15) is 0 Å². The fraction of sp³-hybridized carbons (Fsp3) is 0.0400. The lowest BCUT2D eigenvalue weighted by Crippen LogP contribution is -2.21. The summed E-state index contributed by atoms with van der Waals surface area (Å²) in [6, 6.07) is 11.6. The Kier molecular flexibility index (Phi) is 4.82. The van der Waals surface area contributed by atoms with Gasteiger partial charge in [0.25, 0.3) is 0 Å². The number of phenolic OH excluding ortho intramolecular Hbond substituents is 1. The molecule has 2 aromatic heterocycles. The van der Waals surface area contributed by atoms with Gasteiger partial charge in [-0.1, -0.05) is 12.1 Å². The summed E-state index contributed by atoms with van der Waals surface area (Å²) in [6.45, 7) is 0. The molecule has 0 spiro atoms. The van der Waals surface area contributed by atoms with Crippen molar-refractivity contribution < 1.29 is 32.9 Å². The van der Waals surface area contributed by atoms with Crippen LogP contribution in [0.4, 0.5) is 8.78 Å². The van der Waals surface area contributed by atoms with Gasteiger partial charge >= 0.3 is 11.3 Å². The van der Waals surface area contributed by atoms with Gasteiger partial charge in [0, 0.05) is 0 Å². The predicted octanol–water partition coefficient (Wildman–Crippen LogP) is 4.47. The third kappa shape index (κ3) is 3.34. The average Bonchev–Trinajstić information content (AvgIpc) is 2.79. The van der Waals surface area contributed by atoms with E-state index in [0.717, 1.165) is 36.4 Å². The Labute approximate surface area is 188 Å². The summed E-state index contributed by atoms with van der Waals surface area (Å²) in [5.74, 6) is -4.61. The van der Waals surface area contributed by atoms with E-state index in [1.54, 1.807) is 0 Å². The number of benzene rings is 3. The average molecular weight is 464 g/mol. The van der Waals surface area contributed by atoms with Crippen molar-refractivity contribution in [1.29, 1.82) is 0 Å². The molecule has 0 aliphatic carbocycles. The number of hydrogen-bond donors (Lipinski definition) is 3. The van der Waals surface area contributed by atoms with E-state index in [1.807, 2.05) is 0 Å². The highest BCUT2D eigenvalue weighted by Crippen LogP contribution is 2.42. The fourth-order valence-electron chi connectivity index (χ4n) is 4.04. The van der Waals surface area contributed by atoms with Crippen molar-refractivity contribution in [1.82, 2.24) is 0 Å². The van der Waals surface area contributed by atoms with Gasteiger partial charge in [-0.3, -0.25) is 0 Å². The van der Waals surface area contributed by atoms with Crippen molar-refractivity contribution in [2.24, 2.45) is 0 Å². The largest absolute Gasteiger partial charge is 0.508 e. The quantitative estimate of drug-likeness (QED) is 0.337. The Morgan fingerprint density at radius 1 is 0.676 bits per heavy atom. The van der Waals surface area contributed by atoms with E-state index >= 15 is 0 Å². The molecule has 9 heteroatoms. The van der Waals surface area contributed by atoms with Crippen molar-refractivity contribution in [3.8, 4) is 17.2 Å². The van der Waals surface area contributed by atoms with Crippen LogP contribution in [0.1, 0.15) is 22.6 Å². The molecule has 5 aromatic rings. The molecule has 3 N–H and O–H groups in total. The van der Waals surface area contributed by atoms with Gasteiger partial charge in [0.15, 0.2) is 0 Å². The summed E-state index contributed by atoms with van der Waals surface area (Å²) in [7, 11) is 0. The third-order valence-corrected chi connectivity index (χ3v) is 5.53. The van der Waals surface area contributed by atoms with Gasteiger partial charge in [0.1, 0.15) is 40.0 Å². The van der Waals surface area contributed by atoms with E-state index in [2.05, 4.69) is 0 Å². The lowest BCUT2D eigenvalue weighted by Gasteiger charge is -2.20. The Hall–Kier alpha value is -4.66. The zero-order valence-corrected chi connectivity index (χ0v) is 17.1. The number of hydrogen-bond acceptors (Lipinski definition) is 7. The maximum atomic E-state index is 13.9. The smallest absolute Gasteiger partial charge is 0.344 e. The van der Waals surface area contributed by atoms with Crippen molar-refractivity contribution in [2.45, 2.75) is 5.92 Å². The summed E-state index contributed by atoms with van der Waals surface area (Å²) in [5, 5.41) is 31.7. The highest BCUT2D eigenvalue weighted by Gasteiger charge is 2.32. The molecule has 5 rings (SSSR count). The SMILES string of the molecule is O=c1oc2ccc(F)cc2c(O)c1C(c1cccc(O)c1)c1c(O)c2cc(F)ccc2oc1=O. The number of fused-ring (bicyclic) bond motifs is 2. The standard InChI is InChI=1S/C25H14F2O7/c26-12-4-6-17-15(9-12)22(29)20(24(31)33-17)19(11-2-1-3-14(28)8-11)21-23(30)16-10-13(27)5-7-18(16)34-25(21)32/h1-10,19,28-30H. The zero-order valence-electron chi connectivity index (χ0n) is 17.1. The van der Waals surface area contributed by atoms with Crippen LogP contribution in [0.3, 0.4) is 0 Å². The van der Waals surface area contributed by atoms with E-state index in [0.29, 0.717) is 0 Å². The van der Waals surface area contributed by atoms with Gasteiger partial charge < -0.3 is 24.2 Å². The van der Waals surface area contributed by atoms with Crippen molar-refractivity contribution in [2.75, 3.05) is 0 Å². The first-order valence-corrected chi connectivity index (χ1v) is 9.94. The second-order valence-electron chi connectivity index (χ2n) is 7.61. The van der Waals surface area contributed by atoms with E-state index < -0.39 is 51.4 Å². The highest BCUT2D eigenvalue weighted by molar-refractivity contribution is 5.87. The molecular formula is C25H14F2O7. The van der Waals surface area contributed by atoms with Crippen molar-refractivity contribution in [3.63, 3.8) is 0 Å². The predicted molar refractivity (Wildman–Crippen MR) is 117 cm³/mol. The van der Waals surface area contributed by atoms with E-state index in [4.69, 9.17) is 8.83 Å². The zero-order chi connectivity index (χ0) is 24.1. The van der Waals surface area contributed by atoms with Gasteiger partial charge in [0.05, 0.1) is 27.8 Å². The summed E-state index contributed by atoms with van der Waals surface area (Å²) in [5.41, 5.74) is -3.31. The Balaban J connectivity index is 1.93. The minimum Gasteiger partial charge on any atom is -0.508 e. The lowest BCUT2D eigenvalue weighted by molar-refractivity contribution is 0.440. The molecule has 0 fully saturated rings. The summed E-state index contributed by atoms with van der Waals surface area (Å²) >= 11 is 0. The Bertz CT molecular complexity index is 1610. The monoisotopic (exact) mass is 464 g/mol. The number of aromatic hydroxyl groups is 3. The fourth-order valence-corrected chi connectivity index (χ4v) is 4.04. The first-order valence-electron chi connectivity index (χ1n) is 9.94. The molecule has 2 heterocycles.